The molecule has 2 rings (SSSR count). The molecule has 0 amide bonds. The predicted molar refractivity (Wildman–Crippen MR) is 73.8 cm³/mol. The van der Waals surface area contributed by atoms with Gasteiger partial charge in [0.15, 0.2) is 0 Å². The van der Waals surface area contributed by atoms with E-state index < -0.39 is 0 Å². The second kappa shape index (κ2) is 5.49. The fourth-order valence-electron chi connectivity index (χ4n) is 1.42. The lowest BCUT2D eigenvalue weighted by Gasteiger charge is -2.00. The molecule has 1 aromatic carbocycles. The number of benzene rings is 1. The zero-order valence-corrected chi connectivity index (χ0v) is 11.0. The average molecular weight is 269 g/mol. The maximum atomic E-state index is 5.97. The van der Waals surface area contributed by atoms with Crippen molar-refractivity contribution in [1.29, 1.82) is 0 Å². The van der Waals surface area contributed by atoms with Crippen molar-refractivity contribution < 1.29 is 4.84 Å². The van der Waals surface area contributed by atoms with Crippen molar-refractivity contribution in [1.82, 2.24) is 0 Å². The fraction of sp³-hybridized carbons (Fsp3) is 0.250. The van der Waals surface area contributed by atoms with Crippen molar-refractivity contribution in [2.75, 3.05) is 6.54 Å². The predicted octanol–water partition coefficient (Wildman–Crippen LogP) is 3.41. The van der Waals surface area contributed by atoms with E-state index in [2.05, 4.69) is 10.5 Å². The first-order chi connectivity index (χ1) is 8.20. The highest BCUT2D eigenvalue weighted by atomic mass is 35.5. The van der Waals surface area contributed by atoms with Crippen LogP contribution in [0.5, 0.6) is 0 Å². The molecule has 0 radical (unpaired) electrons. The van der Waals surface area contributed by atoms with Crippen molar-refractivity contribution in [2.45, 2.75) is 13.5 Å². The lowest BCUT2D eigenvalue weighted by atomic mass is 10.2. The Balaban J connectivity index is 2.16. The summed E-state index contributed by atoms with van der Waals surface area (Å²) in [5, 5.41) is 7.84. The summed E-state index contributed by atoms with van der Waals surface area (Å²) < 4.78 is 1.20. The Hall–Kier alpha value is -1.10. The normalized spacial score (nSPS) is 12.1. The number of nitrogens with zero attached hydrogens (tertiary/aromatic N) is 1. The molecule has 0 aliphatic heterocycles. The number of hydrogen-bond acceptors (Lipinski definition) is 4. The summed E-state index contributed by atoms with van der Waals surface area (Å²) in [4.78, 5) is 5.25. The minimum absolute atomic E-state index is 0.413. The molecule has 1 aromatic heterocycles. The molecule has 2 N–H and O–H groups in total. The number of thiophene rings is 1. The number of hydrogen-bond donors (Lipinski definition) is 1. The third-order valence-electron chi connectivity index (χ3n) is 2.35. The molecule has 0 atom stereocenters. The highest BCUT2D eigenvalue weighted by molar-refractivity contribution is 7.17. The molecule has 0 aliphatic rings. The van der Waals surface area contributed by atoms with Crippen LogP contribution in [0, 0.1) is 0 Å². The van der Waals surface area contributed by atoms with Crippen LogP contribution in [-0.2, 0) is 11.4 Å². The first kappa shape index (κ1) is 12.4. The minimum Gasteiger partial charge on any atom is -0.391 e. The maximum Gasteiger partial charge on any atom is 0.143 e. The Kier molecular flexibility index (Phi) is 3.99. The van der Waals surface area contributed by atoms with Crippen LogP contribution in [0.3, 0.4) is 0 Å². The Bertz CT molecular complexity index is 550. The quantitative estimate of drug-likeness (QED) is 0.682. The molecule has 0 saturated heterocycles. The molecule has 0 unspecified atom stereocenters. The second-order valence-corrected chi connectivity index (χ2v) is 5.05. The van der Waals surface area contributed by atoms with Crippen LogP contribution in [0.2, 0.25) is 5.02 Å². The number of oxime groups is 1. The Labute approximate surface area is 109 Å². The number of rotatable bonds is 4. The van der Waals surface area contributed by atoms with Gasteiger partial charge in [-0.05, 0) is 30.5 Å². The molecular weight excluding hydrogens is 256 g/mol. The van der Waals surface area contributed by atoms with Gasteiger partial charge in [-0.3, -0.25) is 0 Å². The van der Waals surface area contributed by atoms with Crippen LogP contribution in [0.25, 0.3) is 10.1 Å². The zero-order valence-electron chi connectivity index (χ0n) is 9.44. The highest BCUT2D eigenvalue weighted by Gasteiger charge is 2.05. The van der Waals surface area contributed by atoms with Crippen molar-refractivity contribution in [3.63, 3.8) is 0 Å². The van der Waals surface area contributed by atoms with Gasteiger partial charge in [0.1, 0.15) is 6.61 Å². The van der Waals surface area contributed by atoms with E-state index in [0.29, 0.717) is 13.2 Å². The number of halogens is 1. The van der Waals surface area contributed by atoms with Crippen molar-refractivity contribution in [3.05, 3.63) is 34.2 Å². The van der Waals surface area contributed by atoms with Crippen molar-refractivity contribution in [2.24, 2.45) is 10.9 Å². The van der Waals surface area contributed by atoms with Gasteiger partial charge in [-0.25, -0.2) is 0 Å². The first-order valence-electron chi connectivity index (χ1n) is 5.22. The summed E-state index contributed by atoms with van der Waals surface area (Å²) in [5.74, 6) is 0. The SMILES string of the molecule is CC(CN)=NOCc1csc2ccc(Cl)cc12. The van der Waals surface area contributed by atoms with Crippen molar-refractivity contribution in [3.8, 4) is 0 Å². The summed E-state index contributed by atoms with van der Waals surface area (Å²) in [6.45, 7) is 2.69. The molecular formula is C12H13ClN2OS. The third kappa shape index (κ3) is 2.97. The largest absolute Gasteiger partial charge is 0.391 e. The Morgan fingerprint density at radius 1 is 1.53 bits per heavy atom. The molecule has 90 valence electrons. The van der Waals surface area contributed by atoms with Crippen LogP contribution in [0.1, 0.15) is 12.5 Å². The smallest absolute Gasteiger partial charge is 0.143 e. The van der Waals surface area contributed by atoms with Gasteiger partial charge in [0, 0.05) is 27.2 Å². The lowest BCUT2D eigenvalue weighted by Crippen LogP contribution is -2.09. The minimum atomic E-state index is 0.413. The second-order valence-electron chi connectivity index (χ2n) is 3.71. The lowest BCUT2D eigenvalue weighted by molar-refractivity contribution is 0.131. The van der Waals surface area contributed by atoms with E-state index in [4.69, 9.17) is 22.2 Å². The Morgan fingerprint density at radius 3 is 3.12 bits per heavy atom. The van der Waals surface area contributed by atoms with Gasteiger partial charge in [0.05, 0.1) is 5.71 Å². The van der Waals surface area contributed by atoms with E-state index in [1.54, 1.807) is 11.3 Å². The molecule has 5 heteroatoms. The van der Waals surface area contributed by atoms with E-state index in [1.165, 1.54) is 4.70 Å². The van der Waals surface area contributed by atoms with Gasteiger partial charge >= 0.3 is 0 Å². The van der Waals surface area contributed by atoms with Crippen LogP contribution < -0.4 is 5.73 Å². The standard InChI is InChI=1S/C12H13ClN2OS/c1-8(5-14)15-16-6-9-7-17-12-3-2-10(13)4-11(9)12/h2-4,7H,5-6,14H2,1H3. The van der Waals surface area contributed by atoms with E-state index in [1.807, 2.05) is 25.1 Å². The summed E-state index contributed by atoms with van der Waals surface area (Å²) in [7, 11) is 0. The topological polar surface area (TPSA) is 47.6 Å². The molecule has 0 fully saturated rings. The van der Waals surface area contributed by atoms with E-state index in [9.17, 15) is 0 Å². The molecule has 0 spiro atoms. The molecule has 0 bridgehead atoms. The molecule has 1 heterocycles. The van der Waals surface area contributed by atoms with E-state index >= 15 is 0 Å². The number of fused-ring (bicyclic) bond motifs is 1. The van der Waals surface area contributed by atoms with Gasteiger partial charge < -0.3 is 10.6 Å². The monoisotopic (exact) mass is 268 g/mol. The Morgan fingerprint density at radius 2 is 2.35 bits per heavy atom. The molecule has 2 aromatic rings. The first-order valence-corrected chi connectivity index (χ1v) is 6.47. The highest BCUT2D eigenvalue weighted by Crippen LogP contribution is 2.29. The summed E-state index contributed by atoms with van der Waals surface area (Å²) >= 11 is 7.65. The zero-order chi connectivity index (χ0) is 12.3. The number of nitrogens with two attached hydrogens (primary N) is 1. The van der Waals surface area contributed by atoms with Gasteiger partial charge in [0.25, 0.3) is 0 Å². The summed E-state index contributed by atoms with van der Waals surface area (Å²) in [6.07, 6.45) is 0. The van der Waals surface area contributed by atoms with Crippen LogP contribution in [-0.4, -0.2) is 12.3 Å². The molecule has 17 heavy (non-hydrogen) atoms. The summed E-state index contributed by atoms with van der Waals surface area (Å²) in [6, 6.07) is 5.85. The van der Waals surface area contributed by atoms with Crippen LogP contribution in [0.15, 0.2) is 28.7 Å². The summed E-state index contributed by atoms with van der Waals surface area (Å²) in [5.41, 5.74) is 7.29. The van der Waals surface area contributed by atoms with Crippen LogP contribution >= 0.6 is 22.9 Å². The maximum absolute atomic E-state index is 5.97. The van der Waals surface area contributed by atoms with Gasteiger partial charge in [-0.2, -0.15) is 0 Å². The average Bonchev–Trinajstić information content (AvgIpc) is 2.72. The fourth-order valence-corrected chi connectivity index (χ4v) is 2.51. The van der Waals surface area contributed by atoms with Gasteiger partial charge in [-0.15, -0.1) is 11.3 Å². The molecule has 0 aliphatic carbocycles. The van der Waals surface area contributed by atoms with Gasteiger partial charge in [-0.1, -0.05) is 16.8 Å². The van der Waals surface area contributed by atoms with E-state index in [0.717, 1.165) is 21.7 Å². The van der Waals surface area contributed by atoms with E-state index in [-0.39, 0.29) is 0 Å². The van der Waals surface area contributed by atoms with Crippen LogP contribution in [0.4, 0.5) is 0 Å². The molecule has 0 saturated carbocycles. The third-order valence-corrected chi connectivity index (χ3v) is 3.60. The van der Waals surface area contributed by atoms with Gasteiger partial charge in [0.2, 0.25) is 0 Å². The molecule has 3 nitrogen and oxygen atoms in total. The van der Waals surface area contributed by atoms with Crippen molar-refractivity contribution >= 4 is 38.7 Å².